The second-order valence-corrected chi connectivity index (χ2v) is 3.55. The molecule has 0 aliphatic rings. The molecule has 0 atom stereocenters. The van der Waals surface area contributed by atoms with E-state index in [1.165, 1.54) is 19.2 Å². The minimum atomic E-state index is -0.535. The van der Waals surface area contributed by atoms with Crippen LogP contribution in [-0.2, 0) is 4.74 Å². The molecule has 1 N–H and O–H groups in total. The first-order valence-corrected chi connectivity index (χ1v) is 4.87. The van der Waals surface area contributed by atoms with Gasteiger partial charge in [-0.1, -0.05) is 11.6 Å². The maximum atomic E-state index is 11.3. The van der Waals surface area contributed by atoms with Gasteiger partial charge in [-0.05, 0) is 18.2 Å². The van der Waals surface area contributed by atoms with Gasteiger partial charge in [0, 0.05) is 11.5 Å². The van der Waals surface area contributed by atoms with E-state index in [4.69, 9.17) is 11.6 Å². The van der Waals surface area contributed by atoms with Crippen molar-refractivity contribution in [3.8, 4) is 5.75 Å². The number of ether oxygens (including phenoxy) is 1. The zero-order valence-electron chi connectivity index (χ0n) is 8.40. The molecule has 1 heterocycles. The first-order valence-electron chi connectivity index (χ1n) is 4.49. The molecular weight excluding hydrogens is 230 g/mol. The van der Waals surface area contributed by atoms with E-state index >= 15 is 0 Å². The summed E-state index contributed by atoms with van der Waals surface area (Å²) in [7, 11) is 1.28. The van der Waals surface area contributed by atoms with Gasteiger partial charge in [0.15, 0.2) is 0 Å². The van der Waals surface area contributed by atoms with Gasteiger partial charge in [0.25, 0.3) is 0 Å². The van der Waals surface area contributed by atoms with Crippen LogP contribution in [0.25, 0.3) is 10.9 Å². The molecule has 1 aromatic heterocycles. The number of carbonyl (C=O) groups is 1. The minimum Gasteiger partial charge on any atom is -0.508 e. The average molecular weight is 238 g/mol. The summed E-state index contributed by atoms with van der Waals surface area (Å²) < 4.78 is 4.58. The van der Waals surface area contributed by atoms with Crippen LogP contribution in [0.5, 0.6) is 5.75 Å². The summed E-state index contributed by atoms with van der Waals surface area (Å²) in [5.74, 6) is -0.436. The molecule has 2 rings (SSSR count). The van der Waals surface area contributed by atoms with E-state index in [0.717, 1.165) is 0 Å². The molecule has 0 amide bonds. The van der Waals surface area contributed by atoms with Crippen LogP contribution in [0, 0.1) is 0 Å². The molecule has 0 aliphatic carbocycles. The molecule has 82 valence electrons. The van der Waals surface area contributed by atoms with Crippen molar-refractivity contribution in [2.24, 2.45) is 0 Å². The molecule has 0 fully saturated rings. The van der Waals surface area contributed by atoms with E-state index in [-0.39, 0.29) is 16.5 Å². The third-order valence-corrected chi connectivity index (χ3v) is 2.45. The van der Waals surface area contributed by atoms with Crippen molar-refractivity contribution < 1.29 is 14.6 Å². The Morgan fingerprint density at radius 2 is 2.19 bits per heavy atom. The van der Waals surface area contributed by atoms with E-state index in [9.17, 15) is 9.90 Å². The summed E-state index contributed by atoms with van der Waals surface area (Å²) in [5, 5.41) is 10.0. The van der Waals surface area contributed by atoms with Crippen LogP contribution in [0.3, 0.4) is 0 Å². The van der Waals surface area contributed by atoms with E-state index in [2.05, 4.69) is 9.72 Å². The van der Waals surface area contributed by atoms with Crippen LogP contribution in [-0.4, -0.2) is 23.2 Å². The summed E-state index contributed by atoms with van der Waals surface area (Å²) in [6.45, 7) is 0. The first kappa shape index (κ1) is 10.7. The number of pyridine rings is 1. The molecule has 0 spiro atoms. The van der Waals surface area contributed by atoms with Gasteiger partial charge in [-0.15, -0.1) is 0 Å². The Kier molecular flexibility index (Phi) is 2.66. The maximum Gasteiger partial charge on any atom is 0.341 e. The average Bonchev–Trinajstić information content (AvgIpc) is 2.27. The summed E-state index contributed by atoms with van der Waals surface area (Å²) in [6, 6.07) is 6.22. The maximum absolute atomic E-state index is 11.3. The second-order valence-electron chi connectivity index (χ2n) is 3.20. The van der Waals surface area contributed by atoms with Gasteiger partial charge in [-0.2, -0.15) is 0 Å². The quantitative estimate of drug-likeness (QED) is 0.611. The number of rotatable bonds is 1. The van der Waals surface area contributed by atoms with Gasteiger partial charge >= 0.3 is 5.97 Å². The van der Waals surface area contributed by atoms with Gasteiger partial charge in [0.05, 0.1) is 18.2 Å². The number of esters is 1. The van der Waals surface area contributed by atoms with E-state index in [1.54, 1.807) is 12.1 Å². The van der Waals surface area contributed by atoms with Crippen LogP contribution in [0.1, 0.15) is 10.4 Å². The smallest absolute Gasteiger partial charge is 0.341 e. The third kappa shape index (κ3) is 1.79. The molecule has 0 unspecified atom stereocenters. The van der Waals surface area contributed by atoms with Gasteiger partial charge < -0.3 is 9.84 Å². The minimum absolute atomic E-state index is 0.0601. The molecule has 16 heavy (non-hydrogen) atoms. The number of phenolic OH excluding ortho intramolecular Hbond substituents is 1. The van der Waals surface area contributed by atoms with Crippen molar-refractivity contribution in [3.63, 3.8) is 0 Å². The van der Waals surface area contributed by atoms with Gasteiger partial charge in [0.1, 0.15) is 10.9 Å². The highest BCUT2D eigenvalue weighted by atomic mass is 35.5. The van der Waals surface area contributed by atoms with Crippen molar-refractivity contribution in [2.45, 2.75) is 0 Å². The fourth-order valence-corrected chi connectivity index (χ4v) is 1.61. The summed E-state index contributed by atoms with van der Waals surface area (Å²) in [4.78, 5) is 15.4. The zero-order chi connectivity index (χ0) is 11.7. The number of aromatic nitrogens is 1. The van der Waals surface area contributed by atoms with Gasteiger partial charge in [-0.3, -0.25) is 0 Å². The third-order valence-electron chi connectivity index (χ3n) is 2.16. The van der Waals surface area contributed by atoms with Crippen LogP contribution in [0.4, 0.5) is 0 Å². The van der Waals surface area contributed by atoms with Crippen LogP contribution in [0.15, 0.2) is 24.3 Å². The number of phenols is 1. The summed E-state index contributed by atoms with van der Waals surface area (Å²) in [6.07, 6.45) is 0. The largest absolute Gasteiger partial charge is 0.508 e. The van der Waals surface area contributed by atoms with E-state index < -0.39 is 5.97 Å². The molecular formula is C11H8ClNO3. The molecule has 1 aromatic carbocycles. The fourth-order valence-electron chi connectivity index (χ4n) is 1.39. The van der Waals surface area contributed by atoms with Crippen molar-refractivity contribution in [2.75, 3.05) is 7.11 Å². The number of halogens is 1. The highest BCUT2D eigenvalue weighted by Gasteiger charge is 2.13. The number of carbonyl (C=O) groups excluding carboxylic acids is 1. The lowest BCUT2D eigenvalue weighted by Gasteiger charge is -2.04. The van der Waals surface area contributed by atoms with Gasteiger partial charge in [-0.25, -0.2) is 9.78 Å². The predicted octanol–water partition coefficient (Wildman–Crippen LogP) is 2.38. The molecule has 2 aromatic rings. The Bertz CT molecular complexity index is 568. The number of aromatic hydroxyl groups is 1. The highest BCUT2D eigenvalue weighted by Crippen LogP contribution is 2.23. The van der Waals surface area contributed by atoms with E-state index in [0.29, 0.717) is 10.9 Å². The Morgan fingerprint density at radius 1 is 1.44 bits per heavy atom. The van der Waals surface area contributed by atoms with Gasteiger partial charge in [0.2, 0.25) is 0 Å². The molecule has 0 saturated heterocycles. The summed E-state index contributed by atoms with van der Waals surface area (Å²) in [5.41, 5.74) is 0.736. The molecule has 0 saturated carbocycles. The van der Waals surface area contributed by atoms with Crippen molar-refractivity contribution in [1.82, 2.24) is 4.98 Å². The topological polar surface area (TPSA) is 59.4 Å². The fraction of sp³-hybridized carbons (Fsp3) is 0.0909. The first-order chi connectivity index (χ1) is 7.61. The number of methoxy groups -OCH3 is 1. The predicted molar refractivity (Wildman–Crippen MR) is 59.8 cm³/mol. The summed E-state index contributed by atoms with van der Waals surface area (Å²) >= 11 is 5.84. The zero-order valence-corrected chi connectivity index (χ0v) is 9.15. The number of hydrogen-bond donors (Lipinski definition) is 1. The van der Waals surface area contributed by atoms with Crippen LogP contribution >= 0.6 is 11.6 Å². The lowest BCUT2D eigenvalue weighted by molar-refractivity contribution is 0.0600. The van der Waals surface area contributed by atoms with Crippen molar-refractivity contribution in [3.05, 3.63) is 35.0 Å². The molecule has 0 aliphatic heterocycles. The lowest BCUT2D eigenvalue weighted by atomic mass is 10.1. The Hall–Kier alpha value is -1.81. The standard InChI is InChI=1S/C11H8ClNO3/c1-16-11(15)8-4-6-2-3-7(14)5-9(6)13-10(8)12/h2-5,14H,1H3. The normalized spacial score (nSPS) is 10.4. The Balaban J connectivity index is 2.67. The van der Waals surface area contributed by atoms with Crippen molar-refractivity contribution in [1.29, 1.82) is 0 Å². The molecule has 0 bridgehead atoms. The second kappa shape index (κ2) is 3.98. The molecule has 5 heteroatoms. The number of fused-ring (bicyclic) bond motifs is 1. The molecule has 4 nitrogen and oxygen atoms in total. The van der Waals surface area contributed by atoms with Crippen molar-refractivity contribution >= 4 is 28.5 Å². The Morgan fingerprint density at radius 3 is 2.88 bits per heavy atom. The highest BCUT2D eigenvalue weighted by molar-refractivity contribution is 6.32. The van der Waals surface area contributed by atoms with Crippen LogP contribution in [0.2, 0.25) is 5.15 Å². The molecule has 0 radical (unpaired) electrons. The van der Waals surface area contributed by atoms with E-state index in [1.807, 2.05) is 0 Å². The number of benzene rings is 1. The van der Waals surface area contributed by atoms with Crippen LogP contribution < -0.4 is 0 Å². The monoisotopic (exact) mass is 237 g/mol. The number of hydrogen-bond acceptors (Lipinski definition) is 4. The SMILES string of the molecule is COC(=O)c1cc2ccc(O)cc2nc1Cl. The lowest BCUT2D eigenvalue weighted by Crippen LogP contribution is -2.03. The number of nitrogens with zero attached hydrogens (tertiary/aromatic N) is 1. The Labute approximate surface area is 96.4 Å².